The quantitative estimate of drug-likeness (QED) is 0.849. The second kappa shape index (κ2) is 7.95. The highest BCUT2D eigenvalue weighted by molar-refractivity contribution is 5.85. The zero-order valence-electron chi connectivity index (χ0n) is 14.1. The van der Waals surface area contributed by atoms with E-state index >= 15 is 0 Å². The van der Waals surface area contributed by atoms with Gasteiger partial charge in [-0.1, -0.05) is 50.1 Å². The minimum absolute atomic E-state index is 0.267. The van der Waals surface area contributed by atoms with E-state index in [0.29, 0.717) is 5.92 Å². The minimum atomic E-state index is -0.433. The van der Waals surface area contributed by atoms with Gasteiger partial charge in [0.2, 0.25) is 0 Å². The number of hydrogen-bond acceptors (Lipinski definition) is 3. The van der Waals surface area contributed by atoms with Gasteiger partial charge >= 0.3 is 6.09 Å². The van der Waals surface area contributed by atoms with Gasteiger partial charge in [-0.05, 0) is 41.9 Å². The smallest absolute Gasteiger partial charge is 0.412 e. The van der Waals surface area contributed by atoms with Crippen molar-refractivity contribution in [2.45, 2.75) is 45.1 Å². The largest absolute Gasteiger partial charge is 0.444 e. The van der Waals surface area contributed by atoms with Gasteiger partial charge in [-0.25, -0.2) is 4.79 Å². The zero-order valence-corrected chi connectivity index (χ0v) is 14.1. The van der Waals surface area contributed by atoms with E-state index in [9.17, 15) is 4.79 Å². The standard InChI is InChI=1S/C20H24N2O2/c1-15-6-5-9-17(12-15)18-10-11-21-13-19(18)22-20(23)24-14-16-7-3-2-4-8-16/h2-4,7-8,10-11,13,15,17H,5-6,9,12,14H2,1H3,(H,22,23). The molecule has 1 heterocycles. The molecule has 0 saturated heterocycles. The molecule has 1 saturated carbocycles. The number of amides is 1. The predicted molar refractivity (Wildman–Crippen MR) is 94.9 cm³/mol. The normalized spacial score (nSPS) is 20.4. The number of rotatable bonds is 4. The summed E-state index contributed by atoms with van der Waals surface area (Å²) < 4.78 is 5.32. The van der Waals surface area contributed by atoms with Crippen LogP contribution >= 0.6 is 0 Å². The minimum Gasteiger partial charge on any atom is -0.444 e. The zero-order chi connectivity index (χ0) is 16.8. The molecule has 126 valence electrons. The number of anilines is 1. The monoisotopic (exact) mass is 324 g/mol. The molecular formula is C20H24N2O2. The van der Waals surface area contributed by atoms with Gasteiger partial charge in [0.05, 0.1) is 11.9 Å². The lowest BCUT2D eigenvalue weighted by atomic mass is 9.78. The van der Waals surface area contributed by atoms with Gasteiger partial charge in [-0.2, -0.15) is 0 Å². The summed E-state index contributed by atoms with van der Waals surface area (Å²) in [6.07, 6.45) is 7.96. The fraction of sp³-hybridized carbons (Fsp3) is 0.400. The lowest BCUT2D eigenvalue weighted by molar-refractivity contribution is 0.155. The molecule has 1 aromatic carbocycles. The highest BCUT2D eigenvalue weighted by atomic mass is 16.5. The maximum Gasteiger partial charge on any atom is 0.412 e. The lowest BCUT2D eigenvalue weighted by Crippen LogP contribution is -2.18. The van der Waals surface area contributed by atoms with Crippen LogP contribution in [0.5, 0.6) is 0 Å². The van der Waals surface area contributed by atoms with Crippen molar-refractivity contribution in [3.05, 3.63) is 59.9 Å². The molecule has 2 atom stereocenters. The molecule has 1 aliphatic rings. The summed E-state index contributed by atoms with van der Waals surface area (Å²) in [5.74, 6) is 1.22. The first-order chi connectivity index (χ1) is 11.7. The molecule has 4 nitrogen and oxygen atoms in total. The van der Waals surface area contributed by atoms with Crippen molar-refractivity contribution in [3.8, 4) is 0 Å². The van der Waals surface area contributed by atoms with Crippen molar-refractivity contribution in [2.24, 2.45) is 5.92 Å². The van der Waals surface area contributed by atoms with Crippen molar-refractivity contribution in [3.63, 3.8) is 0 Å². The van der Waals surface area contributed by atoms with Gasteiger partial charge in [0.1, 0.15) is 6.61 Å². The molecule has 2 unspecified atom stereocenters. The molecule has 2 aromatic rings. The van der Waals surface area contributed by atoms with E-state index in [-0.39, 0.29) is 6.61 Å². The molecule has 1 fully saturated rings. The molecule has 4 heteroatoms. The Kier molecular flexibility index (Phi) is 5.47. The number of aromatic nitrogens is 1. The molecule has 3 rings (SSSR count). The van der Waals surface area contributed by atoms with Crippen LogP contribution in [0.25, 0.3) is 0 Å². The van der Waals surface area contributed by atoms with Gasteiger partial charge in [0, 0.05) is 6.20 Å². The summed E-state index contributed by atoms with van der Waals surface area (Å²) >= 11 is 0. The van der Waals surface area contributed by atoms with E-state index < -0.39 is 6.09 Å². The average molecular weight is 324 g/mol. The molecule has 0 radical (unpaired) electrons. The highest BCUT2D eigenvalue weighted by Crippen LogP contribution is 2.38. The van der Waals surface area contributed by atoms with Gasteiger partial charge < -0.3 is 4.74 Å². The fourth-order valence-electron chi connectivity index (χ4n) is 3.45. The number of hydrogen-bond donors (Lipinski definition) is 1. The Morgan fingerprint density at radius 3 is 2.88 bits per heavy atom. The van der Waals surface area contributed by atoms with Crippen molar-refractivity contribution < 1.29 is 9.53 Å². The topological polar surface area (TPSA) is 51.2 Å². The van der Waals surface area contributed by atoms with Crippen molar-refractivity contribution in [2.75, 3.05) is 5.32 Å². The Labute approximate surface area is 143 Å². The third kappa shape index (κ3) is 4.34. The van der Waals surface area contributed by atoms with Crippen molar-refractivity contribution >= 4 is 11.8 Å². The van der Waals surface area contributed by atoms with Gasteiger partial charge in [-0.3, -0.25) is 10.3 Å². The van der Waals surface area contributed by atoms with Crippen LogP contribution in [0.4, 0.5) is 10.5 Å². The van der Waals surface area contributed by atoms with Crippen LogP contribution in [-0.2, 0) is 11.3 Å². The Morgan fingerprint density at radius 1 is 1.25 bits per heavy atom. The number of nitrogens with zero attached hydrogens (tertiary/aromatic N) is 1. The molecule has 1 amide bonds. The molecule has 0 spiro atoms. The Hall–Kier alpha value is -2.36. The summed E-state index contributed by atoms with van der Waals surface area (Å²) in [6, 6.07) is 11.7. The van der Waals surface area contributed by atoms with E-state index in [1.54, 1.807) is 12.4 Å². The van der Waals surface area contributed by atoms with E-state index in [0.717, 1.165) is 23.6 Å². The summed E-state index contributed by atoms with van der Waals surface area (Å²) in [5, 5.41) is 2.87. The maximum atomic E-state index is 12.1. The highest BCUT2D eigenvalue weighted by Gasteiger charge is 2.23. The average Bonchev–Trinajstić information content (AvgIpc) is 2.61. The first kappa shape index (κ1) is 16.5. The van der Waals surface area contributed by atoms with Crippen LogP contribution in [0.15, 0.2) is 48.8 Å². The number of pyridine rings is 1. The van der Waals surface area contributed by atoms with Crippen LogP contribution in [0.2, 0.25) is 0 Å². The van der Waals surface area contributed by atoms with Crippen LogP contribution in [0.1, 0.15) is 49.7 Å². The van der Waals surface area contributed by atoms with Crippen LogP contribution < -0.4 is 5.32 Å². The first-order valence-corrected chi connectivity index (χ1v) is 8.64. The Morgan fingerprint density at radius 2 is 2.08 bits per heavy atom. The first-order valence-electron chi connectivity index (χ1n) is 8.64. The van der Waals surface area contributed by atoms with E-state index in [1.165, 1.54) is 24.8 Å². The molecule has 24 heavy (non-hydrogen) atoms. The van der Waals surface area contributed by atoms with Gasteiger partial charge in [-0.15, -0.1) is 0 Å². The molecule has 1 N–H and O–H groups in total. The van der Waals surface area contributed by atoms with E-state index in [4.69, 9.17) is 4.74 Å². The number of ether oxygens (including phenoxy) is 1. The third-order valence-electron chi connectivity index (χ3n) is 4.68. The SMILES string of the molecule is CC1CCCC(c2ccncc2NC(=O)OCc2ccccc2)C1. The summed E-state index contributed by atoms with van der Waals surface area (Å²) in [4.78, 5) is 16.3. The van der Waals surface area contributed by atoms with E-state index in [1.807, 2.05) is 36.4 Å². The number of benzene rings is 1. The summed E-state index contributed by atoms with van der Waals surface area (Å²) in [7, 11) is 0. The Bertz CT molecular complexity index is 672. The number of nitrogens with one attached hydrogen (secondary N) is 1. The van der Waals surface area contributed by atoms with Gasteiger partial charge in [0.25, 0.3) is 0 Å². The summed E-state index contributed by atoms with van der Waals surface area (Å²) in [6.45, 7) is 2.57. The molecule has 0 aliphatic heterocycles. The van der Waals surface area contributed by atoms with Crippen molar-refractivity contribution in [1.29, 1.82) is 0 Å². The van der Waals surface area contributed by atoms with E-state index in [2.05, 4.69) is 17.2 Å². The van der Waals surface area contributed by atoms with Crippen LogP contribution in [0.3, 0.4) is 0 Å². The lowest BCUT2D eigenvalue weighted by Gasteiger charge is -2.28. The molecule has 0 bridgehead atoms. The number of carbonyl (C=O) groups excluding carboxylic acids is 1. The number of carbonyl (C=O) groups is 1. The molecular weight excluding hydrogens is 300 g/mol. The third-order valence-corrected chi connectivity index (χ3v) is 4.68. The molecule has 1 aromatic heterocycles. The van der Waals surface area contributed by atoms with Crippen LogP contribution in [0, 0.1) is 5.92 Å². The molecule has 1 aliphatic carbocycles. The second-order valence-electron chi connectivity index (χ2n) is 6.62. The Balaban J connectivity index is 1.63. The summed E-state index contributed by atoms with van der Waals surface area (Å²) in [5.41, 5.74) is 2.92. The fourth-order valence-corrected chi connectivity index (χ4v) is 3.45. The van der Waals surface area contributed by atoms with Crippen LogP contribution in [-0.4, -0.2) is 11.1 Å². The van der Waals surface area contributed by atoms with Gasteiger partial charge in [0.15, 0.2) is 0 Å². The van der Waals surface area contributed by atoms with Crippen molar-refractivity contribution in [1.82, 2.24) is 4.98 Å². The predicted octanol–water partition coefficient (Wildman–Crippen LogP) is 5.12. The second-order valence-corrected chi connectivity index (χ2v) is 6.62. The maximum absolute atomic E-state index is 12.1.